The zero-order valence-electron chi connectivity index (χ0n) is 15.6. The third-order valence-corrected chi connectivity index (χ3v) is 4.37. The number of nitrogens with one attached hydrogen (secondary N) is 2. The molecule has 2 N–H and O–H groups in total. The second-order valence-corrected chi connectivity index (χ2v) is 6.11. The molecule has 0 unspecified atom stereocenters. The van der Waals surface area contributed by atoms with Crippen LogP contribution >= 0.6 is 0 Å². The first kappa shape index (κ1) is 17.9. The van der Waals surface area contributed by atoms with Crippen molar-refractivity contribution in [2.75, 3.05) is 32.7 Å². The van der Waals surface area contributed by atoms with Crippen molar-refractivity contribution < 1.29 is 9.47 Å². The Morgan fingerprint density at radius 1 is 1.07 bits per heavy atom. The van der Waals surface area contributed by atoms with E-state index in [4.69, 9.17) is 9.47 Å². The molecular weight excluding hydrogens is 356 g/mol. The van der Waals surface area contributed by atoms with E-state index >= 15 is 0 Å². The molecule has 4 rings (SSSR count). The van der Waals surface area contributed by atoms with Gasteiger partial charge in [0, 0.05) is 43.2 Å². The SMILES string of the molecule is COCCNc1cc(-c2n[nH]c3cnc(-c4cnccc4OC)cc23)ccn1. The van der Waals surface area contributed by atoms with Gasteiger partial charge in [-0.3, -0.25) is 15.1 Å². The molecule has 0 fully saturated rings. The molecule has 0 aliphatic rings. The largest absolute Gasteiger partial charge is 0.496 e. The van der Waals surface area contributed by atoms with Gasteiger partial charge < -0.3 is 14.8 Å². The Morgan fingerprint density at radius 3 is 2.86 bits per heavy atom. The summed E-state index contributed by atoms with van der Waals surface area (Å²) in [5.74, 6) is 1.49. The maximum absolute atomic E-state index is 5.44. The maximum Gasteiger partial charge on any atom is 0.131 e. The monoisotopic (exact) mass is 376 g/mol. The Morgan fingerprint density at radius 2 is 2.00 bits per heavy atom. The number of hydrogen-bond donors (Lipinski definition) is 2. The smallest absolute Gasteiger partial charge is 0.131 e. The Balaban J connectivity index is 1.74. The molecule has 0 atom stereocenters. The number of H-pyrrole nitrogens is 1. The Kier molecular flexibility index (Phi) is 5.11. The average molecular weight is 376 g/mol. The van der Waals surface area contributed by atoms with Crippen molar-refractivity contribution in [3.63, 3.8) is 0 Å². The van der Waals surface area contributed by atoms with Crippen LogP contribution in [0.4, 0.5) is 5.82 Å². The summed E-state index contributed by atoms with van der Waals surface area (Å²) in [6, 6.07) is 7.71. The highest BCUT2D eigenvalue weighted by molar-refractivity contribution is 5.95. The van der Waals surface area contributed by atoms with E-state index in [2.05, 4.69) is 30.5 Å². The molecule has 28 heavy (non-hydrogen) atoms. The molecule has 0 amide bonds. The molecule has 0 aromatic carbocycles. The number of methoxy groups -OCH3 is 2. The van der Waals surface area contributed by atoms with E-state index in [1.165, 1.54) is 0 Å². The summed E-state index contributed by atoms with van der Waals surface area (Å²) in [4.78, 5) is 13.1. The van der Waals surface area contributed by atoms with Crippen LogP contribution in [-0.2, 0) is 4.74 Å². The molecule has 142 valence electrons. The van der Waals surface area contributed by atoms with E-state index in [1.54, 1.807) is 39.0 Å². The molecule has 0 radical (unpaired) electrons. The van der Waals surface area contributed by atoms with Crippen molar-refractivity contribution in [2.24, 2.45) is 0 Å². The molecule has 0 aliphatic carbocycles. The first-order valence-electron chi connectivity index (χ1n) is 8.82. The van der Waals surface area contributed by atoms with Gasteiger partial charge in [-0.05, 0) is 24.3 Å². The van der Waals surface area contributed by atoms with Gasteiger partial charge in [0.15, 0.2) is 0 Å². The average Bonchev–Trinajstić information content (AvgIpc) is 3.17. The molecule has 4 aromatic heterocycles. The van der Waals surface area contributed by atoms with Crippen LogP contribution in [0.2, 0.25) is 0 Å². The number of aromatic nitrogens is 5. The van der Waals surface area contributed by atoms with Crippen LogP contribution in [0.5, 0.6) is 5.75 Å². The summed E-state index contributed by atoms with van der Waals surface area (Å²) < 4.78 is 10.5. The number of aromatic amines is 1. The standard InChI is InChI=1S/C20H20N6O2/c1-27-8-7-23-19-9-13(3-6-22-19)20-14-10-16(24-12-17(14)25-26-20)15-11-21-5-4-18(15)28-2/h3-6,9-12H,7-8H2,1-2H3,(H,22,23)(H,25,26). The fourth-order valence-electron chi connectivity index (χ4n) is 2.99. The number of anilines is 1. The Bertz CT molecular complexity index is 1090. The second kappa shape index (κ2) is 8.01. The summed E-state index contributed by atoms with van der Waals surface area (Å²) in [6.07, 6.45) is 6.97. The summed E-state index contributed by atoms with van der Waals surface area (Å²) in [7, 11) is 3.31. The van der Waals surface area contributed by atoms with Gasteiger partial charge in [0.1, 0.15) is 17.3 Å². The van der Waals surface area contributed by atoms with Gasteiger partial charge in [0.25, 0.3) is 0 Å². The minimum Gasteiger partial charge on any atom is -0.496 e. The molecule has 4 aromatic rings. The van der Waals surface area contributed by atoms with Crippen LogP contribution in [0.15, 0.2) is 49.1 Å². The van der Waals surface area contributed by atoms with Crippen LogP contribution in [0.3, 0.4) is 0 Å². The maximum atomic E-state index is 5.44. The predicted octanol–water partition coefficient (Wildman–Crippen LogP) is 3.15. The van der Waals surface area contributed by atoms with Gasteiger partial charge in [-0.15, -0.1) is 0 Å². The van der Waals surface area contributed by atoms with Crippen molar-refractivity contribution >= 4 is 16.7 Å². The quantitative estimate of drug-likeness (QED) is 0.478. The van der Waals surface area contributed by atoms with Crippen molar-refractivity contribution in [3.8, 4) is 28.3 Å². The minimum absolute atomic E-state index is 0.610. The first-order chi connectivity index (χ1) is 13.8. The van der Waals surface area contributed by atoms with E-state index in [1.807, 2.05) is 24.3 Å². The zero-order chi connectivity index (χ0) is 19.3. The lowest BCUT2D eigenvalue weighted by atomic mass is 10.1. The molecule has 0 saturated carbocycles. The van der Waals surface area contributed by atoms with Crippen LogP contribution in [0.25, 0.3) is 33.4 Å². The fourth-order valence-corrected chi connectivity index (χ4v) is 2.99. The lowest BCUT2D eigenvalue weighted by Crippen LogP contribution is -2.08. The third-order valence-electron chi connectivity index (χ3n) is 4.37. The van der Waals surface area contributed by atoms with E-state index in [-0.39, 0.29) is 0 Å². The minimum atomic E-state index is 0.610. The van der Waals surface area contributed by atoms with E-state index < -0.39 is 0 Å². The van der Waals surface area contributed by atoms with Crippen molar-refractivity contribution in [1.29, 1.82) is 0 Å². The highest BCUT2D eigenvalue weighted by Crippen LogP contribution is 2.32. The number of fused-ring (bicyclic) bond motifs is 1. The lowest BCUT2D eigenvalue weighted by molar-refractivity contribution is 0.210. The van der Waals surface area contributed by atoms with Gasteiger partial charge in [0.2, 0.25) is 0 Å². The zero-order valence-corrected chi connectivity index (χ0v) is 15.6. The van der Waals surface area contributed by atoms with Gasteiger partial charge in [-0.2, -0.15) is 5.10 Å². The van der Waals surface area contributed by atoms with E-state index in [9.17, 15) is 0 Å². The fraction of sp³-hybridized carbons (Fsp3) is 0.200. The summed E-state index contributed by atoms with van der Waals surface area (Å²) in [5.41, 5.74) is 4.24. The molecule has 0 spiro atoms. The Hall–Kier alpha value is -3.52. The molecule has 8 heteroatoms. The van der Waals surface area contributed by atoms with Crippen molar-refractivity contribution in [2.45, 2.75) is 0 Å². The normalized spacial score (nSPS) is 10.9. The predicted molar refractivity (Wildman–Crippen MR) is 107 cm³/mol. The number of rotatable bonds is 7. The highest BCUT2D eigenvalue weighted by atomic mass is 16.5. The number of pyridine rings is 3. The van der Waals surface area contributed by atoms with Crippen LogP contribution in [0.1, 0.15) is 0 Å². The van der Waals surface area contributed by atoms with Gasteiger partial charge in [-0.25, -0.2) is 4.98 Å². The summed E-state index contributed by atoms with van der Waals surface area (Å²) >= 11 is 0. The summed E-state index contributed by atoms with van der Waals surface area (Å²) in [5, 5.41) is 11.7. The molecule has 4 heterocycles. The molecule has 0 bridgehead atoms. The van der Waals surface area contributed by atoms with Crippen LogP contribution < -0.4 is 10.1 Å². The van der Waals surface area contributed by atoms with E-state index in [0.29, 0.717) is 13.2 Å². The Labute approximate surface area is 162 Å². The first-order valence-corrected chi connectivity index (χ1v) is 8.82. The van der Waals surface area contributed by atoms with Gasteiger partial charge in [-0.1, -0.05) is 0 Å². The second-order valence-electron chi connectivity index (χ2n) is 6.11. The van der Waals surface area contributed by atoms with Crippen molar-refractivity contribution in [3.05, 3.63) is 49.1 Å². The van der Waals surface area contributed by atoms with Crippen LogP contribution in [-0.4, -0.2) is 52.5 Å². The highest BCUT2D eigenvalue weighted by Gasteiger charge is 2.13. The third kappa shape index (κ3) is 3.49. The van der Waals surface area contributed by atoms with Crippen molar-refractivity contribution in [1.82, 2.24) is 25.1 Å². The number of hydrogen-bond acceptors (Lipinski definition) is 7. The van der Waals surface area contributed by atoms with Crippen LogP contribution in [0, 0.1) is 0 Å². The van der Waals surface area contributed by atoms with Gasteiger partial charge in [0.05, 0.1) is 36.7 Å². The summed E-state index contributed by atoms with van der Waals surface area (Å²) in [6.45, 7) is 1.29. The van der Waals surface area contributed by atoms with E-state index in [0.717, 1.165) is 45.0 Å². The number of ether oxygens (including phenoxy) is 2. The number of nitrogens with zero attached hydrogens (tertiary/aromatic N) is 4. The molecule has 0 saturated heterocycles. The molecule has 0 aliphatic heterocycles. The molecular formula is C20H20N6O2. The molecule has 8 nitrogen and oxygen atoms in total. The lowest BCUT2D eigenvalue weighted by Gasteiger charge is -2.08. The topological polar surface area (TPSA) is 97.8 Å². The van der Waals surface area contributed by atoms with Gasteiger partial charge >= 0.3 is 0 Å².